The molecule has 0 spiro atoms. The standard InChI is InChI=1S/C12H19N3O/c1-9-7-15(8-12(2,3)16-9)10-4-5-11(13)14-6-10/h4-6,9H,7-8H2,1-3H3,(H2,13,14). The number of ether oxygens (including phenoxy) is 1. The Morgan fingerprint density at radius 3 is 2.81 bits per heavy atom. The minimum absolute atomic E-state index is 0.112. The Hall–Kier alpha value is -1.29. The second-order valence-electron chi connectivity index (χ2n) is 5.01. The fraction of sp³-hybridized carbons (Fsp3) is 0.583. The van der Waals surface area contributed by atoms with Crippen molar-refractivity contribution in [2.24, 2.45) is 0 Å². The molecule has 0 saturated carbocycles. The molecule has 1 fully saturated rings. The predicted molar refractivity (Wildman–Crippen MR) is 65.5 cm³/mol. The fourth-order valence-corrected chi connectivity index (χ4v) is 2.23. The van der Waals surface area contributed by atoms with Crippen LogP contribution in [0.2, 0.25) is 0 Å². The average Bonchev–Trinajstić information content (AvgIpc) is 2.15. The van der Waals surface area contributed by atoms with Crippen molar-refractivity contribution in [3.63, 3.8) is 0 Å². The molecule has 1 aromatic heterocycles. The molecule has 0 radical (unpaired) electrons. The molecule has 2 N–H and O–H groups in total. The van der Waals surface area contributed by atoms with Crippen LogP contribution in [0.1, 0.15) is 20.8 Å². The molecule has 88 valence electrons. The van der Waals surface area contributed by atoms with E-state index in [9.17, 15) is 0 Å². The zero-order valence-corrected chi connectivity index (χ0v) is 10.1. The Labute approximate surface area is 96.4 Å². The summed E-state index contributed by atoms with van der Waals surface area (Å²) in [7, 11) is 0. The van der Waals surface area contributed by atoms with E-state index in [4.69, 9.17) is 10.5 Å². The molecule has 0 aliphatic carbocycles. The Bertz CT molecular complexity index is 361. The van der Waals surface area contributed by atoms with Gasteiger partial charge in [-0.05, 0) is 32.9 Å². The zero-order valence-electron chi connectivity index (χ0n) is 10.1. The topological polar surface area (TPSA) is 51.4 Å². The summed E-state index contributed by atoms with van der Waals surface area (Å²) in [5.74, 6) is 0.560. The summed E-state index contributed by atoms with van der Waals surface area (Å²) in [6.45, 7) is 8.09. The Morgan fingerprint density at radius 1 is 1.50 bits per heavy atom. The highest BCUT2D eigenvalue weighted by molar-refractivity contribution is 5.48. The lowest BCUT2D eigenvalue weighted by Gasteiger charge is -2.42. The van der Waals surface area contributed by atoms with Gasteiger partial charge in [0.15, 0.2) is 0 Å². The average molecular weight is 221 g/mol. The van der Waals surface area contributed by atoms with Crippen molar-refractivity contribution in [1.29, 1.82) is 0 Å². The SMILES string of the molecule is CC1CN(c2ccc(N)nc2)CC(C)(C)O1. The van der Waals surface area contributed by atoms with Crippen LogP contribution in [0.25, 0.3) is 0 Å². The van der Waals surface area contributed by atoms with Crippen molar-refractivity contribution < 1.29 is 4.74 Å². The number of anilines is 2. The third-order valence-corrected chi connectivity index (χ3v) is 2.71. The smallest absolute Gasteiger partial charge is 0.123 e. The first kappa shape index (κ1) is 11.2. The van der Waals surface area contributed by atoms with E-state index < -0.39 is 0 Å². The first-order chi connectivity index (χ1) is 7.46. The first-order valence-corrected chi connectivity index (χ1v) is 5.60. The Balaban J connectivity index is 2.17. The summed E-state index contributed by atoms with van der Waals surface area (Å²) in [6, 6.07) is 3.85. The number of nitrogens with two attached hydrogens (primary N) is 1. The summed E-state index contributed by atoms with van der Waals surface area (Å²) in [4.78, 5) is 6.41. The highest BCUT2D eigenvalue weighted by atomic mass is 16.5. The molecule has 0 amide bonds. The number of rotatable bonds is 1. The van der Waals surface area contributed by atoms with Crippen LogP contribution in [-0.2, 0) is 4.74 Å². The first-order valence-electron chi connectivity index (χ1n) is 5.60. The molecule has 1 atom stereocenters. The van der Waals surface area contributed by atoms with Crippen molar-refractivity contribution in [2.45, 2.75) is 32.5 Å². The largest absolute Gasteiger partial charge is 0.384 e. The molecule has 1 unspecified atom stereocenters. The van der Waals surface area contributed by atoms with Gasteiger partial charge in [-0.1, -0.05) is 0 Å². The number of hydrogen-bond acceptors (Lipinski definition) is 4. The fourth-order valence-electron chi connectivity index (χ4n) is 2.23. The summed E-state index contributed by atoms with van der Waals surface area (Å²) in [5, 5.41) is 0. The van der Waals surface area contributed by atoms with Crippen molar-refractivity contribution >= 4 is 11.5 Å². The normalized spacial score (nSPS) is 24.4. The predicted octanol–water partition coefficient (Wildman–Crippen LogP) is 1.67. The van der Waals surface area contributed by atoms with Crippen LogP contribution in [-0.4, -0.2) is 29.8 Å². The van der Waals surface area contributed by atoms with Crippen LogP contribution < -0.4 is 10.6 Å². The van der Waals surface area contributed by atoms with E-state index in [0.717, 1.165) is 18.8 Å². The van der Waals surface area contributed by atoms with Gasteiger partial charge in [-0.3, -0.25) is 0 Å². The van der Waals surface area contributed by atoms with E-state index in [2.05, 4.69) is 30.7 Å². The third kappa shape index (κ3) is 2.44. The second kappa shape index (κ2) is 3.94. The van der Waals surface area contributed by atoms with Crippen molar-refractivity contribution in [3.8, 4) is 0 Å². The van der Waals surface area contributed by atoms with E-state index in [1.54, 1.807) is 0 Å². The van der Waals surface area contributed by atoms with Gasteiger partial charge in [0, 0.05) is 13.1 Å². The quantitative estimate of drug-likeness (QED) is 0.783. The lowest BCUT2D eigenvalue weighted by atomic mass is 10.1. The molecule has 2 rings (SSSR count). The van der Waals surface area contributed by atoms with Gasteiger partial charge in [0.1, 0.15) is 5.82 Å². The van der Waals surface area contributed by atoms with E-state index >= 15 is 0 Å². The van der Waals surface area contributed by atoms with Crippen LogP contribution in [0.3, 0.4) is 0 Å². The zero-order chi connectivity index (χ0) is 11.8. The highest BCUT2D eigenvalue weighted by Crippen LogP contribution is 2.25. The number of pyridine rings is 1. The number of aromatic nitrogens is 1. The maximum Gasteiger partial charge on any atom is 0.123 e. The molecular formula is C12H19N3O. The van der Waals surface area contributed by atoms with Crippen LogP contribution in [0.4, 0.5) is 11.5 Å². The second-order valence-corrected chi connectivity index (χ2v) is 5.01. The van der Waals surface area contributed by atoms with Crippen LogP contribution in [0, 0.1) is 0 Å². The van der Waals surface area contributed by atoms with Gasteiger partial charge < -0.3 is 15.4 Å². The van der Waals surface area contributed by atoms with Gasteiger partial charge in [0.2, 0.25) is 0 Å². The summed E-state index contributed by atoms with van der Waals surface area (Å²) in [6.07, 6.45) is 2.06. The van der Waals surface area contributed by atoms with Crippen LogP contribution in [0.5, 0.6) is 0 Å². The van der Waals surface area contributed by atoms with Crippen molar-refractivity contribution in [3.05, 3.63) is 18.3 Å². The Kier molecular flexibility index (Phi) is 2.76. The molecule has 1 aliphatic rings. The third-order valence-electron chi connectivity index (χ3n) is 2.71. The number of morpholine rings is 1. The lowest BCUT2D eigenvalue weighted by molar-refractivity contribution is -0.0749. The number of nitrogens with zero attached hydrogens (tertiary/aromatic N) is 2. The van der Waals surface area contributed by atoms with Crippen LogP contribution in [0.15, 0.2) is 18.3 Å². The van der Waals surface area contributed by atoms with Gasteiger partial charge >= 0.3 is 0 Å². The molecule has 0 aromatic carbocycles. The minimum Gasteiger partial charge on any atom is -0.384 e. The maximum atomic E-state index is 5.86. The molecule has 0 bridgehead atoms. The van der Waals surface area contributed by atoms with Gasteiger partial charge in [0.05, 0.1) is 23.6 Å². The van der Waals surface area contributed by atoms with Crippen molar-refractivity contribution in [2.75, 3.05) is 23.7 Å². The molecule has 16 heavy (non-hydrogen) atoms. The van der Waals surface area contributed by atoms with E-state index in [1.165, 1.54) is 0 Å². The van der Waals surface area contributed by atoms with E-state index in [-0.39, 0.29) is 11.7 Å². The van der Waals surface area contributed by atoms with E-state index in [0.29, 0.717) is 5.82 Å². The summed E-state index contributed by atoms with van der Waals surface area (Å²) < 4.78 is 5.86. The van der Waals surface area contributed by atoms with Gasteiger partial charge in [-0.25, -0.2) is 4.98 Å². The Morgan fingerprint density at radius 2 is 2.25 bits per heavy atom. The molecule has 4 nitrogen and oxygen atoms in total. The molecular weight excluding hydrogens is 202 g/mol. The molecule has 4 heteroatoms. The highest BCUT2D eigenvalue weighted by Gasteiger charge is 2.31. The minimum atomic E-state index is -0.112. The van der Waals surface area contributed by atoms with E-state index in [1.807, 2.05) is 18.3 Å². The molecule has 1 aliphatic heterocycles. The number of nitrogen functional groups attached to an aromatic ring is 1. The van der Waals surface area contributed by atoms with Crippen molar-refractivity contribution in [1.82, 2.24) is 4.98 Å². The van der Waals surface area contributed by atoms with Crippen LogP contribution >= 0.6 is 0 Å². The molecule has 1 saturated heterocycles. The monoisotopic (exact) mass is 221 g/mol. The summed E-state index contributed by atoms with van der Waals surface area (Å²) >= 11 is 0. The summed E-state index contributed by atoms with van der Waals surface area (Å²) in [5.41, 5.74) is 6.58. The van der Waals surface area contributed by atoms with Gasteiger partial charge in [-0.15, -0.1) is 0 Å². The maximum absolute atomic E-state index is 5.86. The van der Waals surface area contributed by atoms with Gasteiger partial charge in [0.25, 0.3) is 0 Å². The number of hydrogen-bond donors (Lipinski definition) is 1. The molecule has 1 aromatic rings. The lowest BCUT2D eigenvalue weighted by Crippen LogP contribution is -2.52. The molecule has 2 heterocycles. The van der Waals surface area contributed by atoms with Gasteiger partial charge in [-0.2, -0.15) is 0 Å².